The summed E-state index contributed by atoms with van der Waals surface area (Å²) in [5.41, 5.74) is 3.58. The Balaban J connectivity index is 1.84. The van der Waals surface area contributed by atoms with Gasteiger partial charge in [0.1, 0.15) is 17.2 Å². The molecule has 0 aliphatic carbocycles. The summed E-state index contributed by atoms with van der Waals surface area (Å²) in [7, 11) is 3.26. The van der Waals surface area contributed by atoms with Gasteiger partial charge in [0.2, 0.25) is 0 Å². The molecule has 0 aliphatic rings. The zero-order chi connectivity index (χ0) is 26.1. The van der Waals surface area contributed by atoms with E-state index in [9.17, 15) is 4.79 Å². The van der Waals surface area contributed by atoms with E-state index in [-0.39, 0.29) is 12.5 Å². The summed E-state index contributed by atoms with van der Waals surface area (Å²) in [4.78, 5) is 22.4. The zero-order valence-electron chi connectivity index (χ0n) is 22.2. The molecule has 194 valence electrons. The maximum absolute atomic E-state index is 13.4. The van der Waals surface area contributed by atoms with Crippen LogP contribution in [0.3, 0.4) is 0 Å². The van der Waals surface area contributed by atoms with E-state index < -0.39 is 0 Å². The number of thiazole rings is 1. The van der Waals surface area contributed by atoms with Crippen LogP contribution in [0.1, 0.15) is 31.4 Å². The molecule has 1 heterocycles. The van der Waals surface area contributed by atoms with Crippen molar-refractivity contribution in [1.82, 2.24) is 9.88 Å². The van der Waals surface area contributed by atoms with Gasteiger partial charge >= 0.3 is 0 Å². The van der Waals surface area contributed by atoms with E-state index in [1.54, 1.807) is 19.1 Å². The minimum atomic E-state index is -0.115. The van der Waals surface area contributed by atoms with Crippen molar-refractivity contribution in [2.75, 3.05) is 51.9 Å². The first-order valence-corrected chi connectivity index (χ1v) is 13.2. The van der Waals surface area contributed by atoms with Crippen LogP contribution in [0.25, 0.3) is 11.3 Å². The van der Waals surface area contributed by atoms with Gasteiger partial charge in [-0.1, -0.05) is 32.0 Å². The van der Waals surface area contributed by atoms with E-state index in [4.69, 9.17) is 19.2 Å². The van der Waals surface area contributed by atoms with E-state index in [1.165, 1.54) is 11.3 Å². The minimum Gasteiger partial charge on any atom is -0.497 e. The maximum Gasteiger partial charge on any atom is 0.266 e. The first-order chi connectivity index (χ1) is 17.4. The summed E-state index contributed by atoms with van der Waals surface area (Å²) in [6, 6.07) is 11.6. The molecule has 0 fully saturated rings. The average Bonchev–Trinajstić information content (AvgIpc) is 3.37. The molecule has 7 nitrogen and oxygen atoms in total. The third kappa shape index (κ3) is 6.77. The van der Waals surface area contributed by atoms with Crippen LogP contribution in [0.4, 0.5) is 5.13 Å². The lowest BCUT2D eigenvalue weighted by molar-refractivity contribution is -0.120. The van der Waals surface area contributed by atoms with E-state index in [2.05, 4.69) is 18.7 Å². The predicted molar refractivity (Wildman–Crippen MR) is 147 cm³/mol. The second kappa shape index (κ2) is 13.3. The summed E-state index contributed by atoms with van der Waals surface area (Å²) in [5.74, 6) is 2.06. The molecule has 0 N–H and O–H groups in total. The van der Waals surface area contributed by atoms with Gasteiger partial charge in [0.15, 0.2) is 11.7 Å². The second-order valence-corrected chi connectivity index (χ2v) is 9.35. The smallest absolute Gasteiger partial charge is 0.266 e. The number of hydrogen-bond donors (Lipinski definition) is 0. The maximum atomic E-state index is 13.4. The molecule has 0 radical (unpaired) electrons. The fraction of sp³-hybridized carbons (Fsp3) is 0.429. The summed E-state index contributed by atoms with van der Waals surface area (Å²) < 4.78 is 16.9. The molecule has 1 amide bonds. The molecule has 0 unspecified atom stereocenters. The number of ether oxygens (including phenoxy) is 3. The van der Waals surface area contributed by atoms with Crippen LogP contribution in [-0.2, 0) is 4.79 Å². The van der Waals surface area contributed by atoms with Gasteiger partial charge in [-0.3, -0.25) is 9.69 Å². The largest absolute Gasteiger partial charge is 0.497 e. The van der Waals surface area contributed by atoms with Gasteiger partial charge in [-0.15, -0.1) is 11.3 Å². The zero-order valence-corrected chi connectivity index (χ0v) is 23.0. The van der Waals surface area contributed by atoms with Crippen molar-refractivity contribution < 1.29 is 19.0 Å². The molecule has 0 bridgehead atoms. The molecule has 3 rings (SSSR count). The third-order valence-corrected chi connectivity index (χ3v) is 7.07. The fourth-order valence-corrected chi connectivity index (χ4v) is 4.95. The van der Waals surface area contributed by atoms with Crippen molar-refractivity contribution in [2.24, 2.45) is 0 Å². The molecule has 2 aromatic carbocycles. The van der Waals surface area contributed by atoms with E-state index in [0.29, 0.717) is 17.4 Å². The Morgan fingerprint density at radius 2 is 1.72 bits per heavy atom. The van der Waals surface area contributed by atoms with Gasteiger partial charge in [0.05, 0.1) is 19.9 Å². The topological polar surface area (TPSA) is 64.1 Å². The minimum absolute atomic E-state index is 0.0473. The van der Waals surface area contributed by atoms with Crippen molar-refractivity contribution in [2.45, 2.75) is 34.1 Å². The SMILES string of the molecule is CCN(CC)CCCN(C(=O)COc1c(C)cccc1C)c1nc(-c2cc(OC)ccc2OC)cs1. The van der Waals surface area contributed by atoms with Crippen molar-refractivity contribution in [3.05, 3.63) is 52.9 Å². The molecular weight excluding hydrogens is 474 g/mol. The Kier molecular flexibility index (Phi) is 10.1. The Labute approximate surface area is 218 Å². The quantitative estimate of drug-likeness (QED) is 0.298. The Morgan fingerprint density at radius 3 is 2.36 bits per heavy atom. The molecule has 0 saturated carbocycles. The van der Waals surface area contributed by atoms with Gasteiger partial charge in [0, 0.05) is 17.5 Å². The normalized spacial score (nSPS) is 11.0. The van der Waals surface area contributed by atoms with E-state index in [0.717, 1.165) is 59.9 Å². The highest BCUT2D eigenvalue weighted by Crippen LogP contribution is 2.36. The van der Waals surface area contributed by atoms with Crippen molar-refractivity contribution in [1.29, 1.82) is 0 Å². The monoisotopic (exact) mass is 511 g/mol. The van der Waals surface area contributed by atoms with Crippen LogP contribution in [0.5, 0.6) is 17.2 Å². The van der Waals surface area contributed by atoms with Gasteiger partial charge in [0.25, 0.3) is 5.91 Å². The lowest BCUT2D eigenvalue weighted by atomic mass is 10.1. The Hall–Kier alpha value is -3.10. The number of methoxy groups -OCH3 is 2. The Bertz CT molecular complexity index is 1120. The number of amides is 1. The molecule has 0 atom stereocenters. The van der Waals surface area contributed by atoms with E-state index in [1.807, 2.05) is 55.6 Å². The number of rotatable bonds is 13. The van der Waals surface area contributed by atoms with Crippen LogP contribution in [0.2, 0.25) is 0 Å². The molecule has 0 spiro atoms. The lowest BCUT2D eigenvalue weighted by Crippen LogP contribution is -2.37. The van der Waals surface area contributed by atoms with Crippen LogP contribution in [0.15, 0.2) is 41.8 Å². The number of carbonyl (C=O) groups is 1. The fourth-order valence-electron chi connectivity index (χ4n) is 4.08. The highest BCUT2D eigenvalue weighted by atomic mass is 32.1. The first kappa shape index (κ1) is 27.5. The van der Waals surface area contributed by atoms with Crippen LogP contribution in [-0.4, -0.2) is 62.8 Å². The lowest BCUT2D eigenvalue weighted by Gasteiger charge is -2.23. The Morgan fingerprint density at radius 1 is 1.00 bits per heavy atom. The van der Waals surface area contributed by atoms with Crippen LogP contribution < -0.4 is 19.1 Å². The molecule has 36 heavy (non-hydrogen) atoms. The van der Waals surface area contributed by atoms with Crippen molar-refractivity contribution in [3.8, 4) is 28.5 Å². The number of carbonyl (C=O) groups excluding carboxylic acids is 1. The van der Waals surface area contributed by atoms with E-state index >= 15 is 0 Å². The third-order valence-electron chi connectivity index (χ3n) is 6.21. The highest BCUT2D eigenvalue weighted by Gasteiger charge is 2.22. The number of aryl methyl sites for hydroxylation is 2. The summed E-state index contributed by atoms with van der Waals surface area (Å²) in [6.07, 6.45) is 0.841. The molecule has 8 heteroatoms. The van der Waals surface area contributed by atoms with Crippen molar-refractivity contribution >= 4 is 22.4 Å². The predicted octanol–water partition coefficient (Wildman–Crippen LogP) is 5.59. The number of para-hydroxylation sites is 1. The highest BCUT2D eigenvalue weighted by molar-refractivity contribution is 7.14. The molecule has 0 aliphatic heterocycles. The summed E-state index contributed by atoms with van der Waals surface area (Å²) in [6.45, 7) is 11.7. The van der Waals surface area contributed by atoms with Crippen LogP contribution in [0, 0.1) is 13.8 Å². The van der Waals surface area contributed by atoms with Crippen LogP contribution >= 0.6 is 11.3 Å². The van der Waals surface area contributed by atoms with Gasteiger partial charge in [-0.05, 0) is 69.2 Å². The molecule has 1 aromatic heterocycles. The number of aromatic nitrogens is 1. The molecule has 3 aromatic rings. The van der Waals surface area contributed by atoms with Crippen molar-refractivity contribution in [3.63, 3.8) is 0 Å². The average molecular weight is 512 g/mol. The number of anilines is 1. The molecule has 0 saturated heterocycles. The van der Waals surface area contributed by atoms with Gasteiger partial charge in [-0.25, -0.2) is 4.98 Å². The number of hydrogen-bond acceptors (Lipinski definition) is 7. The van der Waals surface area contributed by atoms with Gasteiger partial charge < -0.3 is 19.1 Å². The standard InChI is InChI=1S/C28H37N3O4S/c1-7-30(8-2)15-10-16-31(26(32)18-35-27-20(3)11-9-12-21(27)4)28-29-24(19-36-28)23-17-22(33-5)13-14-25(23)34-6/h9,11-14,17,19H,7-8,10,15-16,18H2,1-6H3. The van der Waals surface area contributed by atoms with Gasteiger partial charge in [-0.2, -0.15) is 0 Å². The summed E-state index contributed by atoms with van der Waals surface area (Å²) in [5, 5.41) is 2.59. The first-order valence-electron chi connectivity index (χ1n) is 12.3. The molecular formula is C28H37N3O4S. The second-order valence-electron chi connectivity index (χ2n) is 8.52. The number of benzene rings is 2. The number of nitrogens with zero attached hydrogens (tertiary/aromatic N) is 3. The summed E-state index contributed by atoms with van der Waals surface area (Å²) >= 11 is 1.44.